The number of halogens is 1. The summed E-state index contributed by atoms with van der Waals surface area (Å²) >= 11 is 5.83. The second kappa shape index (κ2) is 7.51. The molecule has 1 aromatic rings. The van der Waals surface area contributed by atoms with E-state index in [0.29, 0.717) is 0 Å². The van der Waals surface area contributed by atoms with Gasteiger partial charge in [-0.3, -0.25) is 9.59 Å². The molecule has 5 N–H and O–H groups in total. The van der Waals surface area contributed by atoms with Crippen molar-refractivity contribution < 1.29 is 29.3 Å². The Morgan fingerprint density at radius 3 is 2.50 bits per heavy atom. The molecule has 1 rings (SSSR count). The Kier molecular flexibility index (Phi) is 6.00. The lowest BCUT2D eigenvalue weighted by atomic mass is 10.1. The number of anilines is 1. The molecule has 0 saturated carbocycles. The van der Waals surface area contributed by atoms with Gasteiger partial charge in [-0.25, -0.2) is 4.79 Å². The Morgan fingerprint density at radius 2 is 2.00 bits per heavy atom. The maximum atomic E-state index is 12.1. The Hall–Kier alpha value is -2.48. The summed E-state index contributed by atoms with van der Waals surface area (Å²) in [5.74, 6) is -3.12. The molecular weight excluding hydrogens is 316 g/mol. The zero-order chi connectivity index (χ0) is 16.9. The zero-order valence-electron chi connectivity index (χ0n) is 11.6. The number of nitrogen functional groups attached to an aromatic ring is 1. The molecule has 0 bridgehead atoms. The summed E-state index contributed by atoms with van der Waals surface area (Å²) in [4.78, 5) is 33.7. The number of carbonyl (C=O) groups excluding carboxylic acids is 1. The Morgan fingerprint density at radius 1 is 1.36 bits per heavy atom. The van der Waals surface area contributed by atoms with Gasteiger partial charge in [0.2, 0.25) is 0 Å². The second-order valence-corrected chi connectivity index (χ2v) is 4.78. The third kappa shape index (κ3) is 4.52. The lowest BCUT2D eigenvalue weighted by molar-refractivity contribution is -0.140. The predicted molar refractivity (Wildman–Crippen MR) is 78.2 cm³/mol. The number of nitrogens with one attached hydrogen (secondary N) is 1. The third-order valence-electron chi connectivity index (χ3n) is 2.81. The number of hydrogen-bond acceptors (Lipinski definition) is 5. The summed E-state index contributed by atoms with van der Waals surface area (Å²) in [6.45, 7) is 0. The Labute approximate surface area is 130 Å². The van der Waals surface area contributed by atoms with Gasteiger partial charge in [0.1, 0.15) is 11.8 Å². The maximum Gasteiger partial charge on any atom is 0.326 e. The highest BCUT2D eigenvalue weighted by Crippen LogP contribution is 2.28. The summed E-state index contributed by atoms with van der Waals surface area (Å²) < 4.78 is 5.00. The Bertz CT molecular complexity index is 604. The van der Waals surface area contributed by atoms with E-state index in [4.69, 9.17) is 32.3 Å². The number of carboxylic acids is 2. The average molecular weight is 331 g/mol. The molecule has 0 aliphatic heterocycles. The lowest BCUT2D eigenvalue weighted by Gasteiger charge is -2.15. The van der Waals surface area contributed by atoms with Crippen molar-refractivity contribution in [1.29, 1.82) is 0 Å². The molecule has 8 nitrogen and oxygen atoms in total. The fourth-order valence-corrected chi connectivity index (χ4v) is 1.84. The molecule has 120 valence electrons. The van der Waals surface area contributed by atoms with Gasteiger partial charge in [-0.2, -0.15) is 0 Å². The number of ether oxygens (including phenoxy) is 1. The monoisotopic (exact) mass is 330 g/mol. The van der Waals surface area contributed by atoms with Crippen LogP contribution in [0.4, 0.5) is 5.69 Å². The van der Waals surface area contributed by atoms with Gasteiger partial charge in [0.15, 0.2) is 0 Å². The van der Waals surface area contributed by atoms with Gasteiger partial charge in [-0.15, -0.1) is 0 Å². The van der Waals surface area contributed by atoms with E-state index in [2.05, 4.69) is 5.32 Å². The van der Waals surface area contributed by atoms with Crippen LogP contribution < -0.4 is 15.8 Å². The van der Waals surface area contributed by atoms with Crippen molar-refractivity contribution in [3.05, 3.63) is 22.7 Å². The first-order valence-electron chi connectivity index (χ1n) is 6.14. The first-order chi connectivity index (χ1) is 10.3. The van der Waals surface area contributed by atoms with E-state index >= 15 is 0 Å². The molecule has 0 radical (unpaired) electrons. The highest BCUT2D eigenvalue weighted by atomic mass is 35.5. The van der Waals surface area contributed by atoms with E-state index in [1.165, 1.54) is 19.2 Å². The molecule has 22 heavy (non-hydrogen) atoms. The molecule has 9 heteroatoms. The normalized spacial score (nSPS) is 11.5. The summed E-state index contributed by atoms with van der Waals surface area (Å²) in [5, 5.41) is 20.0. The van der Waals surface area contributed by atoms with Crippen LogP contribution in [0.25, 0.3) is 0 Å². The Balaban J connectivity index is 2.97. The number of benzene rings is 1. The molecule has 0 aromatic heterocycles. The van der Waals surface area contributed by atoms with Gasteiger partial charge < -0.3 is 26.0 Å². The molecule has 1 aromatic carbocycles. The number of hydrogen-bond donors (Lipinski definition) is 4. The predicted octanol–water partition coefficient (Wildman–Crippen LogP) is 0.979. The molecule has 0 spiro atoms. The summed E-state index contributed by atoms with van der Waals surface area (Å²) in [6, 6.07) is 1.25. The van der Waals surface area contributed by atoms with Crippen molar-refractivity contribution in [1.82, 2.24) is 5.32 Å². The number of carboxylic acid groups (broad SMARTS) is 2. The smallest absolute Gasteiger partial charge is 0.326 e. The molecule has 1 atom stereocenters. The van der Waals surface area contributed by atoms with Crippen LogP contribution >= 0.6 is 11.6 Å². The van der Waals surface area contributed by atoms with Crippen LogP contribution in [0.5, 0.6) is 5.75 Å². The van der Waals surface area contributed by atoms with Crippen LogP contribution in [-0.2, 0) is 9.59 Å². The van der Waals surface area contributed by atoms with E-state index in [0.717, 1.165) is 0 Å². The first kappa shape index (κ1) is 17.6. The van der Waals surface area contributed by atoms with Crippen LogP contribution in [0.15, 0.2) is 12.1 Å². The van der Waals surface area contributed by atoms with Gasteiger partial charge in [0.25, 0.3) is 5.91 Å². The SMILES string of the molecule is COc1cc(N)c(Cl)cc1C(=O)N[C@@H](CCC(=O)O)C(=O)O. The van der Waals surface area contributed by atoms with Crippen LogP contribution in [0, 0.1) is 0 Å². The quantitative estimate of drug-likeness (QED) is 0.546. The summed E-state index contributed by atoms with van der Waals surface area (Å²) in [7, 11) is 1.32. The minimum atomic E-state index is -1.34. The van der Waals surface area contributed by atoms with Gasteiger partial charge >= 0.3 is 11.9 Å². The largest absolute Gasteiger partial charge is 0.496 e. The maximum absolute atomic E-state index is 12.1. The second-order valence-electron chi connectivity index (χ2n) is 4.37. The molecule has 0 aliphatic rings. The number of methoxy groups -OCH3 is 1. The topological polar surface area (TPSA) is 139 Å². The summed E-state index contributed by atoms with van der Waals surface area (Å²) in [5.41, 5.74) is 5.80. The zero-order valence-corrected chi connectivity index (χ0v) is 12.4. The van der Waals surface area contributed by atoms with Crippen molar-refractivity contribution in [3.8, 4) is 5.75 Å². The molecule has 0 fully saturated rings. The molecule has 0 unspecified atom stereocenters. The van der Waals surface area contributed by atoms with E-state index in [9.17, 15) is 14.4 Å². The highest BCUT2D eigenvalue weighted by Gasteiger charge is 2.23. The van der Waals surface area contributed by atoms with E-state index < -0.39 is 30.3 Å². The fraction of sp³-hybridized carbons (Fsp3) is 0.308. The number of rotatable bonds is 7. The molecule has 0 heterocycles. The molecule has 1 amide bonds. The van der Waals surface area contributed by atoms with Crippen LogP contribution in [-0.4, -0.2) is 41.2 Å². The molecule has 0 aliphatic carbocycles. The average Bonchev–Trinajstić information content (AvgIpc) is 2.44. The number of carbonyl (C=O) groups is 3. The minimum absolute atomic E-state index is 0.00303. The van der Waals surface area contributed by atoms with E-state index in [1.807, 2.05) is 0 Å². The summed E-state index contributed by atoms with van der Waals surface area (Å²) in [6.07, 6.45) is -0.641. The van der Waals surface area contributed by atoms with Gasteiger partial charge in [0.05, 0.1) is 23.4 Å². The minimum Gasteiger partial charge on any atom is -0.496 e. The molecule has 0 saturated heterocycles. The highest BCUT2D eigenvalue weighted by molar-refractivity contribution is 6.33. The standard InChI is InChI=1S/C13H15ClN2O6/c1-22-10-5-8(15)7(14)4-6(10)12(19)16-9(13(20)21)2-3-11(17)18/h4-5,9H,2-3,15H2,1H3,(H,16,19)(H,17,18)(H,20,21)/t9-/m0/s1. The number of aliphatic carboxylic acids is 2. The number of amides is 1. The van der Waals surface area contributed by atoms with Crippen molar-refractivity contribution in [2.24, 2.45) is 0 Å². The van der Waals surface area contributed by atoms with Crippen LogP contribution in [0.1, 0.15) is 23.2 Å². The van der Waals surface area contributed by atoms with E-state index in [1.54, 1.807) is 0 Å². The first-order valence-corrected chi connectivity index (χ1v) is 6.52. The van der Waals surface area contributed by atoms with Crippen molar-refractivity contribution >= 4 is 35.1 Å². The number of nitrogens with two attached hydrogens (primary N) is 1. The lowest BCUT2D eigenvalue weighted by Crippen LogP contribution is -2.41. The van der Waals surface area contributed by atoms with Crippen LogP contribution in [0.2, 0.25) is 5.02 Å². The van der Waals surface area contributed by atoms with Crippen molar-refractivity contribution in [2.75, 3.05) is 12.8 Å². The molecular formula is C13H15ClN2O6. The van der Waals surface area contributed by atoms with Gasteiger partial charge in [0, 0.05) is 12.5 Å². The van der Waals surface area contributed by atoms with Gasteiger partial charge in [-0.1, -0.05) is 11.6 Å². The fourth-order valence-electron chi connectivity index (χ4n) is 1.68. The van der Waals surface area contributed by atoms with Crippen LogP contribution in [0.3, 0.4) is 0 Å². The third-order valence-corrected chi connectivity index (χ3v) is 3.14. The van der Waals surface area contributed by atoms with Crippen molar-refractivity contribution in [2.45, 2.75) is 18.9 Å². The van der Waals surface area contributed by atoms with Crippen molar-refractivity contribution in [3.63, 3.8) is 0 Å². The van der Waals surface area contributed by atoms with E-state index in [-0.39, 0.29) is 28.4 Å². The van der Waals surface area contributed by atoms with Gasteiger partial charge in [-0.05, 0) is 12.5 Å².